The van der Waals surface area contributed by atoms with E-state index in [1.165, 1.54) is 0 Å². The Labute approximate surface area is 155 Å². The van der Waals surface area contributed by atoms with E-state index in [-0.39, 0.29) is 6.10 Å². The second-order valence-electron chi connectivity index (χ2n) is 5.64. The molecular weight excluding hydrogens is 392 g/mol. The number of H-pyrrole nitrogens is 1. The molecule has 2 aromatic rings. The lowest BCUT2D eigenvalue weighted by Gasteiger charge is -2.17. The Balaban J connectivity index is 2.20. The lowest BCUT2D eigenvalue weighted by atomic mass is 10.2. The Hall–Kier alpha value is -1.54. The maximum atomic E-state index is 5.81. The second kappa shape index (κ2) is 8.53. The Kier molecular flexibility index (Phi) is 6.68. The molecule has 6 nitrogen and oxygen atoms in total. The van der Waals surface area contributed by atoms with Gasteiger partial charge in [-0.25, -0.2) is 4.68 Å². The summed E-state index contributed by atoms with van der Waals surface area (Å²) < 4.78 is 14.5. The quantitative estimate of drug-likeness (QED) is 0.633. The van der Waals surface area contributed by atoms with E-state index >= 15 is 0 Å². The number of benzene rings is 1. The summed E-state index contributed by atoms with van der Waals surface area (Å²) in [4.78, 5) is 0. The fraction of sp³-hybridized carbons (Fsp3) is 0.500. The number of aromatic nitrogens is 3. The van der Waals surface area contributed by atoms with Crippen molar-refractivity contribution in [3.63, 3.8) is 0 Å². The maximum absolute atomic E-state index is 5.81. The fourth-order valence-corrected chi connectivity index (χ4v) is 3.08. The molecule has 1 aromatic heterocycles. The molecule has 2 rings (SSSR count). The van der Waals surface area contributed by atoms with E-state index in [0.717, 1.165) is 28.7 Å². The van der Waals surface area contributed by atoms with Gasteiger partial charge >= 0.3 is 0 Å². The van der Waals surface area contributed by atoms with Crippen LogP contribution in [0.1, 0.15) is 38.6 Å². The summed E-state index contributed by atoms with van der Waals surface area (Å²) in [6.45, 7) is 6.66. The molecule has 24 heavy (non-hydrogen) atoms. The number of hydrogen-bond donors (Lipinski definition) is 2. The normalized spacial score (nSPS) is 10.9. The summed E-state index contributed by atoms with van der Waals surface area (Å²) in [5.74, 6) is 2.30. The van der Waals surface area contributed by atoms with Crippen LogP contribution in [0.5, 0.6) is 11.5 Å². The number of aryl methyl sites for hydroxylation is 1. The number of nitrogens with one attached hydrogen (secondary N) is 2. The number of methoxy groups -OCH3 is 1. The predicted molar refractivity (Wildman–Crippen MR) is 101 cm³/mol. The smallest absolute Gasteiger partial charge is 0.214 e. The average Bonchev–Trinajstić information content (AvgIpc) is 2.87. The number of nitrogens with zero attached hydrogens (tertiary/aromatic N) is 2. The minimum atomic E-state index is 0.0695. The first kappa shape index (κ1) is 18.8. The number of hydrogen-bond acceptors (Lipinski definition) is 5. The molecule has 0 aliphatic rings. The number of halogens is 1. The fourth-order valence-electron chi connectivity index (χ4n) is 2.28. The maximum Gasteiger partial charge on any atom is 0.214 e. The molecule has 0 fully saturated rings. The Bertz CT molecular complexity index is 742. The van der Waals surface area contributed by atoms with Gasteiger partial charge in [0.2, 0.25) is 4.77 Å². The van der Waals surface area contributed by atoms with Crippen LogP contribution in [0.15, 0.2) is 16.6 Å². The van der Waals surface area contributed by atoms with Gasteiger partial charge in [-0.3, -0.25) is 5.10 Å². The van der Waals surface area contributed by atoms with E-state index in [2.05, 4.69) is 38.5 Å². The zero-order valence-corrected chi connectivity index (χ0v) is 16.8. The number of ether oxygens (including phenoxy) is 2. The highest BCUT2D eigenvalue weighted by atomic mass is 79.9. The third-order valence-electron chi connectivity index (χ3n) is 3.30. The third-order valence-corrected chi connectivity index (χ3v) is 4.16. The first-order chi connectivity index (χ1) is 11.5. The van der Waals surface area contributed by atoms with Gasteiger partial charge in [-0.05, 0) is 66.1 Å². The van der Waals surface area contributed by atoms with Gasteiger partial charge in [0.1, 0.15) is 0 Å². The Morgan fingerprint density at radius 2 is 2.17 bits per heavy atom. The van der Waals surface area contributed by atoms with E-state index in [1.54, 1.807) is 7.11 Å². The molecule has 0 bridgehead atoms. The van der Waals surface area contributed by atoms with Crippen molar-refractivity contribution in [3.8, 4) is 11.5 Å². The summed E-state index contributed by atoms with van der Waals surface area (Å²) in [6.07, 6.45) is 1.93. The van der Waals surface area contributed by atoms with E-state index in [9.17, 15) is 0 Å². The van der Waals surface area contributed by atoms with Crippen molar-refractivity contribution >= 4 is 28.1 Å². The lowest BCUT2D eigenvalue weighted by Crippen LogP contribution is -2.18. The van der Waals surface area contributed by atoms with Gasteiger partial charge in [-0.2, -0.15) is 5.10 Å². The molecule has 0 saturated carbocycles. The summed E-state index contributed by atoms with van der Waals surface area (Å²) in [5, 5.41) is 7.07. The molecule has 1 aromatic carbocycles. The molecule has 0 radical (unpaired) electrons. The summed E-state index contributed by atoms with van der Waals surface area (Å²) in [7, 11) is 1.64. The van der Waals surface area contributed by atoms with E-state index < -0.39 is 0 Å². The van der Waals surface area contributed by atoms with E-state index in [1.807, 2.05) is 30.7 Å². The molecule has 0 unspecified atom stereocenters. The highest BCUT2D eigenvalue weighted by Gasteiger charge is 2.13. The zero-order valence-electron chi connectivity index (χ0n) is 14.4. The monoisotopic (exact) mass is 414 g/mol. The number of aromatic amines is 1. The Morgan fingerprint density at radius 1 is 1.42 bits per heavy atom. The molecule has 0 saturated heterocycles. The van der Waals surface area contributed by atoms with Crippen LogP contribution in [-0.4, -0.2) is 28.1 Å². The summed E-state index contributed by atoms with van der Waals surface area (Å²) in [5.41, 5.74) is 4.34. The van der Waals surface area contributed by atoms with Crippen LogP contribution < -0.4 is 14.9 Å². The van der Waals surface area contributed by atoms with Crippen molar-refractivity contribution in [3.05, 3.63) is 32.8 Å². The highest BCUT2D eigenvalue weighted by Crippen LogP contribution is 2.37. The molecule has 1 heterocycles. The molecule has 132 valence electrons. The van der Waals surface area contributed by atoms with Gasteiger partial charge in [0, 0.05) is 6.42 Å². The van der Waals surface area contributed by atoms with Crippen molar-refractivity contribution in [1.82, 2.24) is 14.9 Å². The Morgan fingerprint density at radius 3 is 2.79 bits per heavy atom. The first-order valence-corrected chi connectivity index (χ1v) is 9.09. The molecule has 0 aliphatic heterocycles. The molecule has 0 amide bonds. The van der Waals surface area contributed by atoms with Crippen molar-refractivity contribution in [2.24, 2.45) is 0 Å². The average molecular weight is 415 g/mol. The highest BCUT2D eigenvalue weighted by molar-refractivity contribution is 9.10. The van der Waals surface area contributed by atoms with E-state index in [4.69, 9.17) is 21.7 Å². The minimum Gasteiger partial charge on any atom is -0.493 e. The molecular formula is C16H23BrN4O2S. The van der Waals surface area contributed by atoms with Crippen LogP contribution in [0.25, 0.3) is 0 Å². The minimum absolute atomic E-state index is 0.0695. The summed E-state index contributed by atoms with van der Waals surface area (Å²) >= 11 is 8.83. The molecule has 8 heteroatoms. The second-order valence-corrected chi connectivity index (χ2v) is 6.88. The van der Waals surface area contributed by atoms with Gasteiger partial charge in [-0.1, -0.05) is 6.92 Å². The molecule has 0 aliphatic carbocycles. The predicted octanol–water partition coefficient (Wildman–Crippen LogP) is 4.20. The van der Waals surface area contributed by atoms with Crippen molar-refractivity contribution < 1.29 is 9.47 Å². The molecule has 0 atom stereocenters. The largest absolute Gasteiger partial charge is 0.493 e. The lowest BCUT2D eigenvalue weighted by molar-refractivity contribution is 0.228. The van der Waals surface area contributed by atoms with Gasteiger partial charge in [0.05, 0.1) is 24.2 Å². The van der Waals surface area contributed by atoms with Crippen LogP contribution in [0, 0.1) is 4.77 Å². The zero-order chi connectivity index (χ0) is 17.7. The van der Waals surface area contributed by atoms with Crippen molar-refractivity contribution in [2.75, 3.05) is 12.5 Å². The molecule has 2 N–H and O–H groups in total. The topological polar surface area (TPSA) is 64.1 Å². The van der Waals surface area contributed by atoms with Gasteiger partial charge in [0.25, 0.3) is 0 Å². The van der Waals surface area contributed by atoms with Gasteiger partial charge in [0.15, 0.2) is 17.3 Å². The van der Waals surface area contributed by atoms with Crippen LogP contribution >= 0.6 is 28.1 Å². The standard InChI is InChI=1S/C16H23BrN4O2S/c1-5-6-14-19-20-16(24)21(14)18-9-11-7-12(17)15(23-10(2)3)13(8-11)22-4/h7-8,10,18H,5-6,9H2,1-4H3,(H,20,24). The van der Waals surface area contributed by atoms with Crippen LogP contribution in [0.4, 0.5) is 0 Å². The third kappa shape index (κ3) is 4.51. The molecule has 0 spiro atoms. The van der Waals surface area contributed by atoms with Gasteiger partial charge < -0.3 is 14.9 Å². The van der Waals surface area contributed by atoms with Crippen LogP contribution in [0.2, 0.25) is 0 Å². The SMILES string of the molecule is CCCc1n[nH]c(=S)n1NCc1cc(Br)c(OC(C)C)c(OC)c1. The van der Waals surface area contributed by atoms with E-state index in [0.29, 0.717) is 22.8 Å². The summed E-state index contributed by atoms with van der Waals surface area (Å²) in [6, 6.07) is 3.97. The van der Waals surface area contributed by atoms with Crippen molar-refractivity contribution in [1.29, 1.82) is 0 Å². The first-order valence-electron chi connectivity index (χ1n) is 7.89. The van der Waals surface area contributed by atoms with Gasteiger partial charge in [-0.15, -0.1) is 0 Å². The van der Waals surface area contributed by atoms with Crippen LogP contribution in [0.3, 0.4) is 0 Å². The van der Waals surface area contributed by atoms with Crippen molar-refractivity contribution in [2.45, 2.75) is 46.3 Å². The number of rotatable bonds is 8. The van der Waals surface area contributed by atoms with Crippen LogP contribution in [-0.2, 0) is 13.0 Å².